The summed E-state index contributed by atoms with van der Waals surface area (Å²) in [5, 5.41) is 20.0. The first-order chi connectivity index (χ1) is 15.2. The second kappa shape index (κ2) is 7.49. The summed E-state index contributed by atoms with van der Waals surface area (Å²) in [6.07, 6.45) is -0.318. The summed E-state index contributed by atoms with van der Waals surface area (Å²) in [7, 11) is 1.72. The van der Waals surface area contributed by atoms with E-state index in [9.17, 15) is 10.2 Å². The molecule has 4 nitrogen and oxygen atoms in total. The Kier molecular flexibility index (Phi) is 4.64. The first-order valence-corrected chi connectivity index (χ1v) is 10.2. The second-order valence-electron chi connectivity index (χ2n) is 7.69. The average Bonchev–Trinajstić information content (AvgIpc) is 3.12. The summed E-state index contributed by atoms with van der Waals surface area (Å²) < 4.78 is 6.08. The standard InChI is InChI=1S/C27H23NO3/c1-31-26-24-9-5-6-10-25(24)27(19-11-15-22(29)16-12-19,20-13-17-23(30)18-14-20)28(26)21-7-3-2-4-8-21/h2-18,26,29-30H,1H3. The topological polar surface area (TPSA) is 52.9 Å². The summed E-state index contributed by atoms with van der Waals surface area (Å²) in [4.78, 5) is 2.27. The van der Waals surface area contributed by atoms with Gasteiger partial charge < -0.3 is 19.8 Å². The normalized spacial score (nSPS) is 16.8. The smallest absolute Gasteiger partial charge is 0.157 e. The Bertz CT molecular complexity index is 1140. The van der Waals surface area contributed by atoms with Crippen molar-refractivity contribution in [2.45, 2.75) is 11.8 Å². The lowest BCUT2D eigenvalue weighted by Crippen LogP contribution is -2.45. The fourth-order valence-corrected chi connectivity index (χ4v) is 4.80. The highest BCUT2D eigenvalue weighted by atomic mass is 16.5. The zero-order valence-electron chi connectivity index (χ0n) is 17.1. The maximum atomic E-state index is 10.00. The molecule has 5 rings (SSSR count). The van der Waals surface area contributed by atoms with Crippen LogP contribution in [0.25, 0.3) is 0 Å². The van der Waals surface area contributed by atoms with E-state index in [1.165, 1.54) is 0 Å². The number of ether oxygens (including phenoxy) is 1. The monoisotopic (exact) mass is 409 g/mol. The van der Waals surface area contributed by atoms with Crippen molar-refractivity contribution in [2.75, 3.05) is 12.0 Å². The van der Waals surface area contributed by atoms with E-state index < -0.39 is 5.54 Å². The summed E-state index contributed by atoms with van der Waals surface area (Å²) in [6.45, 7) is 0. The van der Waals surface area contributed by atoms with Gasteiger partial charge in [-0.1, -0.05) is 66.7 Å². The fourth-order valence-electron chi connectivity index (χ4n) is 4.80. The minimum atomic E-state index is -0.722. The number of benzene rings is 4. The fraction of sp³-hybridized carbons (Fsp3) is 0.111. The molecule has 4 aromatic rings. The number of fused-ring (bicyclic) bond motifs is 1. The Morgan fingerprint density at radius 3 is 1.74 bits per heavy atom. The van der Waals surface area contributed by atoms with Gasteiger partial charge in [0.15, 0.2) is 6.23 Å². The molecule has 0 amide bonds. The van der Waals surface area contributed by atoms with Crippen molar-refractivity contribution >= 4 is 5.69 Å². The molecule has 0 saturated heterocycles. The van der Waals surface area contributed by atoms with Crippen LogP contribution in [0.4, 0.5) is 5.69 Å². The Hall–Kier alpha value is -3.76. The van der Waals surface area contributed by atoms with Crippen LogP contribution in [0.3, 0.4) is 0 Å². The van der Waals surface area contributed by atoms with Crippen LogP contribution in [-0.2, 0) is 10.3 Å². The highest BCUT2D eigenvalue weighted by Crippen LogP contribution is 2.55. The lowest BCUT2D eigenvalue weighted by Gasteiger charge is -2.44. The molecule has 0 bridgehead atoms. The van der Waals surface area contributed by atoms with Crippen molar-refractivity contribution in [3.8, 4) is 11.5 Å². The number of anilines is 1. The number of hydrogen-bond acceptors (Lipinski definition) is 4. The van der Waals surface area contributed by atoms with E-state index in [2.05, 4.69) is 29.2 Å². The molecule has 1 heterocycles. The zero-order valence-corrected chi connectivity index (χ0v) is 17.1. The van der Waals surface area contributed by atoms with Gasteiger partial charge in [0.25, 0.3) is 0 Å². The van der Waals surface area contributed by atoms with Gasteiger partial charge in [-0.05, 0) is 53.1 Å². The highest BCUT2D eigenvalue weighted by molar-refractivity contribution is 5.69. The van der Waals surface area contributed by atoms with E-state index in [4.69, 9.17) is 4.74 Å². The molecule has 0 aliphatic carbocycles. The first kappa shape index (κ1) is 19.2. The van der Waals surface area contributed by atoms with Crippen molar-refractivity contribution in [1.29, 1.82) is 0 Å². The molecule has 31 heavy (non-hydrogen) atoms. The van der Waals surface area contributed by atoms with Gasteiger partial charge in [0.2, 0.25) is 0 Å². The van der Waals surface area contributed by atoms with Crippen LogP contribution in [0, 0.1) is 0 Å². The molecule has 2 N–H and O–H groups in total. The van der Waals surface area contributed by atoms with Crippen LogP contribution < -0.4 is 4.90 Å². The molecule has 0 saturated carbocycles. The van der Waals surface area contributed by atoms with Gasteiger partial charge in [-0.15, -0.1) is 0 Å². The van der Waals surface area contributed by atoms with Crippen molar-refractivity contribution in [1.82, 2.24) is 0 Å². The van der Waals surface area contributed by atoms with Crippen molar-refractivity contribution in [3.05, 3.63) is 125 Å². The Morgan fingerprint density at radius 2 is 1.19 bits per heavy atom. The van der Waals surface area contributed by atoms with Gasteiger partial charge in [0, 0.05) is 18.4 Å². The number of phenolic OH excluding ortho intramolecular Hbond substituents is 2. The quantitative estimate of drug-likeness (QED) is 0.464. The molecule has 4 aromatic carbocycles. The van der Waals surface area contributed by atoms with Crippen LogP contribution >= 0.6 is 0 Å². The van der Waals surface area contributed by atoms with Crippen LogP contribution in [0.1, 0.15) is 28.5 Å². The first-order valence-electron chi connectivity index (χ1n) is 10.2. The molecule has 1 aliphatic heterocycles. The molecular weight excluding hydrogens is 386 g/mol. The summed E-state index contributed by atoms with van der Waals surface area (Å²) in [6, 6.07) is 33.1. The Labute approximate surface area is 181 Å². The lowest BCUT2D eigenvalue weighted by molar-refractivity contribution is 0.0989. The number of hydrogen-bond donors (Lipinski definition) is 2. The van der Waals surface area contributed by atoms with Crippen LogP contribution in [0.2, 0.25) is 0 Å². The minimum Gasteiger partial charge on any atom is -0.508 e. The number of aromatic hydroxyl groups is 2. The van der Waals surface area contributed by atoms with Crippen LogP contribution in [0.15, 0.2) is 103 Å². The van der Waals surface area contributed by atoms with E-state index >= 15 is 0 Å². The third-order valence-electron chi connectivity index (χ3n) is 6.04. The van der Waals surface area contributed by atoms with Crippen molar-refractivity contribution in [2.24, 2.45) is 0 Å². The maximum absolute atomic E-state index is 10.00. The molecule has 4 heteroatoms. The van der Waals surface area contributed by atoms with E-state index in [-0.39, 0.29) is 17.7 Å². The number of para-hydroxylation sites is 1. The molecule has 1 unspecified atom stereocenters. The van der Waals surface area contributed by atoms with Crippen molar-refractivity contribution in [3.63, 3.8) is 0 Å². The summed E-state index contributed by atoms with van der Waals surface area (Å²) in [5.74, 6) is 0.427. The number of nitrogens with zero attached hydrogens (tertiary/aromatic N) is 1. The average molecular weight is 409 g/mol. The summed E-state index contributed by atoms with van der Waals surface area (Å²) in [5.41, 5.74) is 4.45. The van der Waals surface area contributed by atoms with E-state index in [0.717, 1.165) is 27.9 Å². The zero-order chi connectivity index (χ0) is 21.4. The second-order valence-corrected chi connectivity index (χ2v) is 7.69. The Morgan fingerprint density at radius 1 is 0.677 bits per heavy atom. The molecular formula is C27H23NO3. The third kappa shape index (κ3) is 2.87. The number of methoxy groups -OCH3 is 1. The number of phenols is 2. The van der Waals surface area contributed by atoms with Gasteiger partial charge in [-0.2, -0.15) is 0 Å². The van der Waals surface area contributed by atoms with Gasteiger partial charge in [0.05, 0.1) is 0 Å². The molecule has 0 spiro atoms. The van der Waals surface area contributed by atoms with Crippen LogP contribution in [-0.4, -0.2) is 17.3 Å². The minimum absolute atomic E-state index is 0.213. The van der Waals surface area contributed by atoms with Gasteiger partial charge >= 0.3 is 0 Å². The highest BCUT2D eigenvalue weighted by Gasteiger charge is 2.53. The predicted octanol–water partition coefficient (Wildman–Crippen LogP) is 5.55. The predicted molar refractivity (Wildman–Crippen MR) is 121 cm³/mol. The van der Waals surface area contributed by atoms with Gasteiger partial charge in [-0.3, -0.25) is 0 Å². The Balaban J connectivity index is 1.91. The maximum Gasteiger partial charge on any atom is 0.157 e. The SMILES string of the molecule is COC1c2ccccc2C(c2ccc(O)cc2)(c2ccc(O)cc2)N1c1ccccc1. The largest absolute Gasteiger partial charge is 0.508 e. The molecule has 0 radical (unpaired) electrons. The van der Waals surface area contributed by atoms with E-state index in [1.54, 1.807) is 31.4 Å². The number of rotatable bonds is 4. The molecule has 1 atom stereocenters. The lowest BCUT2D eigenvalue weighted by atomic mass is 9.76. The molecule has 1 aliphatic rings. The summed E-state index contributed by atoms with van der Waals surface area (Å²) >= 11 is 0. The van der Waals surface area contributed by atoms with Gasteiger partial charge in [-0.25, -0.2) is 0 Å². The van der Waals surface area contributed by atoms with Gasteiger partial charge in [0.1, 0.15) is 17.0 Å². The van der Waals surface area contributed by atoms with Crippen molar-refractivity contribution < 1.29 is 14.9 Å². The molecule has 0 fully saturated rings. The van der Waals surface area contributed by atoms with E-state index in [1.807, 2.05) is 54.6 Å². The third-order valence-corrected chi connectivity index (χ3v) is 6.04. The molecule has 154 valence electrons. The molecule has 0 aromatic heterocycles. The van der Waals surface area contributed by atoms with E-state index in [0.29, 0.717) is 0 Å². The van der Waals surface area contributed by atoms with Crippen LogP contribution in [0.5, 0.6) is 11.5 Å².